The normalized spacial score (nSPS) is 17.1. The number of rotatable bonds is 9. The largest absolute Gasteiger partial charge is 0.465 e. The van der Waals surface area contributed by atoms with Crippen molar-refractivity contribution in [2.45, 2.75) is 39.7 Å². The molecule has 1 aliphatic rings. The first kappa shape index (κ1) is 30.0. The Morgan fingerprint density at radius 1 is 1.14 bits per heavy atom. The first-order valence-corrected chi connectivity index (χ1v) is 15.6. The van der Waals surface area contributed by atoms with Gasteiger partial charge in [-0.2, -0.15) is 0 Å². The fourth-order valence-corrected chi connectivity index (χ4v) is 6.27. The van der Waals surface area contributed by atoms with Crippen LogP contribution >= 0.6 is 0 Å². The molecular formula is C30H33FN6O5S. The Labute approximate surface area is 249 Å². The van der Waals surface area contributed by atoms with Crippen molar-refractivity contribution in [2.75, 3.05) is 28.9 Å². The summed E-state index contributed by atoms with van der Waals surface area (Å²) in [5.41, 5.74) is 1.69. The molecule has 2 atom stereocenters. The quantitative estimate of drug-likeness (QED) is 0.212. The van der Waals surface area contributed by atoms with E-state index in [-0.39, 0.29) is 29.3 Å². The van der Waals surface area contributed by atoms with Crippen molar-refractivity contribution in [2.24, 2.45) is 5.92 Å². The molecule has 2 unspecified atom stereocenters. The second-order valence-corrected chi connectivity index (χ2v) is 12.5. The van der Waals surface area contributed by atoms with E-state index in [1.54, 1.807) is 55.7 Å². The molecule has 43 heavy (non-hydrogen) atoms. The van der Waals surface area contributed by atoms with E-state index in [2.05, 4.69) is 31.9 Å². The lowest BCUT2D eigenvalue weighted by molar-refractivity contribution is 0.122. The van der Waals surface area contributed by atoms with Crippen LogP contribution in [0.4, 0.5) is 20.8 Å². The molecule has 11 nitrogen and oxygen atoms in total. The van der Waals surface area contributed by atoms with Gasteiger partial charge in [-0.25, -0.2) is 32.6 Å². The maximum Gasteiger partial charge on any atom is 0.407 e. The van der Waals surface area contributed by atoms with Crippen LogP contribution in [0.1, 0.15) is 32.3 Å². The van der Waals surface area contributed by atoms with E-state index < -0.39 is 21.9 Å². The molecular weight excluding hydrogens is 575 g/mol. The number of aromatic nitrogens is 3. The lowest BCUT2D eigenvalue weighted by Gasteiger charge is -2.35. The molecule has 13 heteroatoms. The molecule has 3 heterocycles. The van der Waals surface area contributed by atoms with Crippen molar-refractivity contribution < 1.29 is 27.4 Å². The summed E-state index contributed by atoms with van der Waals surface area (Å²) in [6, 6.07) is 11.2. The number of halogens is 1. The number of amides is 1. The average molecular weight is 609 g/mol. The van der Waals surface area contributed by atoms with Gasteiger partial charge in [0.05, 0.1) is 22.7 Å². The smallest absolute Gasteiger partial charge is 0.407 e. The van der Waals surface area contributed by atoms with Crippen LogP contribution in [0.15, 0.2) is 54.9 Å². The first-order valence-electron chi connectivity index (χ1n) is 14.0. The van der Waals surface area contributed by atoms with Crippen LogP contribution in [0.2, 0.25) is 0 Å². The molecule has 2 aromatic heterocycles. The number of nitrogens with zero attached hydrogens (tertiary/aromatic N) is 4. The topological polar surface area (TPSA) is 147 Å². The molecule has 0 saturated carbocycles. The third-order valence-corrected chi connectivity index (χ3v) is 8.93. The van der Waals surface area contributed by atoms with E-state index in [1.165, 1.54) is 11.0 Å². The van der Waals surface area contributed by atoms with Gasteiger partial charge in [0.2, 0.25) is 21.9 Å². The lowest BCUT2D eigenvalue weighted by atomic mass is 9.94. The van der Waals surface area contributed by atoms with Gasteiger partial charge in [0, 0.05) is 42.3 Å². The van der Waals surface area contributed by atoms with Crippen LogP contribution in [0.3, 0.4) is 0 Å². The van der Waals surface area contributed by atoms with E-state index in [0.29, 0.717) is 53.2 Å². The number of likely N-dealkylation sites (tertiary alicyclic amines) is 1. The Bertz CT molecular complexity index is 1770. The van der Waals surface area contributed by atoms with Gasteiger partial charge >= 0.3 is 6.09 Å². The molecule has 1 aliphatic heterocycles. The fourth-order valence-electron chi connectivity index (χ4n) is 5.11. The number of carboxylic acid groups (broad SMARTS) is 1. The number of hydrogen-bond acceptors (Lipinski definition) is 8. The third kappa shape index (κ3) is 6.61. The van der Waals surface area contributed by atoms with Crippen LogP contribution < -0.4 is 14.8 Å². The van der Waals surface area contributed by atoms with Gasteiger partial charge < -0.3 is 20.1 Å². The summed E-state index contributed by atoms with van der Waals surface area (Å²) in [7, 11) is -3.74. The Morgan fingerprint density at radius 2 is 1.93 bits per heavy atom. The average Bonchev–Trinajstić information content (AvgIpc) is 2.97. The van der Waals surface area contributed by atoms with Crippen molar-refractivity contribution in [3.63, 3.8) is 0 Å². The number of carbonyl (C=O) groups is 1. The Balaban J connectivity index is 1.48. The van der Waals surface area contributed by atoms with Crippen LogP contribution in [-0.2, 0) is 10.0 Å². The zero-order valence-electron chi connectivity index (χ0n) is 24.0. The summed E-state index contributed by atoms with van der Waals surface area (Å²) in [5, 5.41) is 13.6. The SMILES string of the molecule is CCCS(=O)(=O)Nc1c(F)ccc2c(Oc3ncccc3-c3ccnc(NC4CN(C(=O)O)CCC4C)n3)c(C)ccc12. The zero-order chi connectivity index (χ0) is 30.7. The van der Waals surface area contributed by atoms with E-state index >= 15 is 0 Å². The lowest BCUT2D eigenvalue weighted by Crippen LogP contribution is -2.48. The highest BCUT2D eigenvalue weighted by molar-refractivity contribution is 7.92. The van der Waals surface area contributed by atoms with E-state index in [1.807, 2.05) is 6.92 Å². The monoisotopic (exact) mass is 608 g/mol. The number of aryl methyl sites for hydroxylation is 1. The molecule has 1 saturated heterocycles. The summed E-state index contributed by atoms with van der Waals surface area (Å²) in [5.74, 6) is 0.366. The van der Waals surface area contributed by atoms with E-state index in [4.69, 9.17) is 4.74 Å². The molecule has 0 spiro atoms. The van der Waals surface area contributed by atoms with E-state index in [9.17, 15) is 22.7 Å². The number of ether oxygens (including phenoxy) is 1. The predicted octanol–water partition coefficient (Wildman–Crippen LogP) is 5.88. The van der Waals surface area contributed by atoms with Gasteiger partial charge in [0.1, 0.15) is 11.6 Å². The van der Waals surface area contributed by atoms with Gasteiger partial charge in [0.25, 0.3) is 0 Å². The molecule has 1 fully saturated rings. The number of benzene rings is 2. The van der Waals surface area contributed by atoms with Gasteiger partial charge in [0.15, 0.2) is 0 Å². The summed E-state index contributed by atoms with van der Waals surface area (Å²) in [6.07, 6.45) is 3.33. The first-order chi connectivity index (χ1) is 20.6. The highest BCUT2D eigenvalue weighted by Crippen LogP contribution is 2.39. The minimum Gasteiger partial charge on any atom is -0.465 e. The highest BCUT2D eigenvalue weighted by Gasteiger charge is 2.29. The molecule has 0 radical (unpaired) electrons. The minimum absolute atomic E-state index is 0.136. The molecule has 2 aromatic carbocycles. The van der Waals surface area contributed by atoms with Crippen molar-refractivity contribution in [1.82, 2.24) is 19.9 Å². The Hall–Kier alpha value is -4.52. The summed E-state index contributed by atoms with van der Waals surface area (Å²) >= 11 is 0. The van der Waals surface area contributed by atoms with E-state index in [0.717, 1.165) is 12.0 Å². The van der Waals surface area contributed by atoms with Crippen LogP contribution in [0.5, 0.6) is 11.6 Å². The second kappa shape index (κ2) is 12.4. The molecule has 3 N–H and O–H groups in total. The summed E-state index contributed by atoms with van der Waals surface area (Å²) < 4.78 is 48.6. The number of hydrogen-bond donors (Lipinski definition) is 3. The number of nitrogens with one attached hydrogen (secondary N) is 2. The number of anilines is 2. The molecule has 0 aliphatic carbocycles. The van der Waals surface area contributed by atoms with Crippen LogP contribution in [0, 0.1) is 18.7 Å². The Morgan fingerprint density at radius 3 is 2.70 bits per heavy atom. The molecule has 4 aromatic rings. The summed E-state index contributed by atoms with van der Waals surface area (Å²) in [6.45, 7) is 6.44. The standard InChI is InChI=1S/C30H33FN6O5S/c1-4-16-43(40,41)36-26-20-8-7-19(3)27(21(20)9-10-23(26)31)42-28-22(6-5-13-32-28)24-11-14-33-29(34-24)35-25-17-37(30(38)39)15-12-18(25)2/h5-11,13-14,18,25,36H,4,12,15-17H2,1-3H3,(H,38,39)(H,33,34,35). The van der Waals surface area contributed by atoms with Gasteiger partial charge in [-0.05, 0) is 61.6 Å². The molecule has 226 valence electrons. The van der Waals surface area contributed by atoms with Gasteiger partial charge in [-0.1, -0.05) is 26.0 Å². The van der Waals surface area contributed by atoms with Crippen LogP contribution in [-0.4, -0.2) is 64.4 Å². The molecule has 1 amide bonds. The highest BCUT2D eigenvalue weighted by atomic mass is 32.2. The number of pyridine rings is 1. The van der Waals surface area contributed by atoms with Gasteiger partial charge in [-0.3, -0.25) is 4.72 Å². The molecule has 5 rings (SSSR count). The van der Waals surface area contributed by atoms with Crippen molar-refractivity contribution in [1.29, 1.82) is 0 Å². The Kier molecular flexibility index (Phi) is 8.62. The zero-order valence-corrected chi connectivity index (χ0v) is 24.9. The van der Waals surface area contributed by atoms with Gasteiger partial charge in [-0.15, -0.1) is 0 Å². The van der Waals surface area contributed by atoms with Crippen LogP contribution in [0.25, 0.3) is 22.0 Å². The minimum atomic E-state index is -3.74. The van der Waals surface area contributed by atoms with Crippen molar-refractivity contribution in [3.8, 4) is 22.9 Å². The second-order valence-electron chi connectivity index (χ2n) is 10.6. The maximum atomic E-state index is 14.9. The number of sulfonamides is 1. The third-order valence-electron chi connectivity index (χ3n) is 7.47. The number of piperidine rings is 1. The summed E-state index contributed by atoms with van der Waals surface area (Å²) in [4.78, 5) is 26.4. The fraction of sp³-hybridized carbons (Fsp3) is 0.333. The maximum absolute atomic E-state index is 14.9. The van der Waals surface area contributed by atoms with Crippen molar-refractivity contribution >= 4 is 38.5 Å². The predicted molar refractivity (Wildman–Crippen MR) is 162 cm³/mol. The van der Waals surface area contributed by atoms with Crippen molar-refractivity contribution in [3.05, 3.63) is 66.2 Å². The number of fused-ring (bicyclic) bond motifs is 1. The molecule has 0 bridgehead atoms.